The van der Waals surface area contributed by atoms with Crippen LogP contribution in [0.15, 0.2) is 72.9 Å². The molecule has 1 aliphatic rings. The fourth-order valence-electron chi connectivity index (χ4n) is 3.87. The normalized spacial score (nSPS) is 16.9. The van der Waals surface area contributed by atoms with E-state index in [1.54, 1.807) is 0 Å². The standard InChI is InChI=1S/C25H25N/c1-18(2)8-7-11-19-13-14-22-16-20-9-3-4-10-21(20)17-23(22)25(19)24-12-5-6-15-26-24/h3-10,12,14-19H,11,13H2,1-2H3. The third kappa shape index (κ3) is 3.35. The zero-order valence-electron chi connectivity index (χ0n) is 15.5. The summed E-state index contributed by atoms with van der Waals surface area (Å²) in [5, 5.41) is 5.29. The monoisotopic (exact) mass is 339 g/mol. The van der Waals surface area contributed by atoms with E-state index in [4.69, 9.17) is 4.98 Å². The van der Waals surface area contributed by atoms with Gasteiger partial charge in [-0.15, -0.1) is 0 Å². The van der Waals surface area contributed by atoms with E-state index in [9.17, 15) is 0 Å². The molecule has 0 saturated heterocycles. The molecule has 0 fully saturated rings. The van der Waals surface area contributed by atoms with E-state index in [0.29, 0.717) is 11.8 Å². The predicted octanol–water partition coefficient (Wildman–Crippen LogP) is 4.84. The summed E-state index contributed by atoms with van der Waals surface area (Å²) in [6, 6.07) is 19.5. The number of allylic oxidation sites excluding steroid dienone is 2. The molecule has 0 N–H and O–H groups in total. The van der Waals surface area contributed by atoms with Gasteiger partial charge in [-0.05, 0) is 75.7 Å². The highest BCUT2D eigenvalue weighted by molar-refractivity contribution is 5.84. The lowest BCUT2D eigenvalue weighted by atomic mass is 9.83. The molecule has 1 aliphatic carbocycles. The predicted molar refractivity (Wildman–Crippen MR) is 111 cm³/mol. The Kier molecular flexibility index (Phi) is 4.71. The minimum Gasteiger partial charge on any atom is -0.257 e. The molecule has 26 heavy (non-hydrogen) atoms. The summed E-state index contributed by atoms with van der Waals surface area (Å²) in [4.78, 5) is 4.70. The summed E-state index contributed by atoms with van der Waals surface area (Å²) in [6.45, 7) is 4.46. The van der Waals surface area contributed by atoms with Crippen LogP contribution in [-0.2, 0) is 0 Å². The molecule has 2 aromatic carbocycles. The second-order valence-electron chi connectivity index (χ2n) is 7.46. The smallest absolute Gasteiger partial charge is 0.0670 e. The van der Waals surface area contributed by atoms with Crippen LogP contribution < -0.4 is 10.4 Å². The zero-order chi connectivity index (χ0) is 17.9. The van der Waals surface area contributed by atoms with Gasteiger partial charge in [0.05, 0.1) is 5.69 Å². The maximum atomic E-state index is 4.70. The van der Waals surface area contributed by atoms with Crippen molar-refractivity contribution in [1.29, 1.82) is 0 Å². The van der Waals surface area contributed by atoms with Crippen LogP contribution in [0.5, 0.6) is 0 Å². The molecule has 3 aromatic rings. The highest BCUT2D eigenvalue weighted by Gasteiger charge is 2.19. The van der Waals surface area contributed by atoms with E-state index < -0.39 is 0 Å². The van der Waals surface area contributed by atoms with Crippen LogP contribution in [0.1, 0.15) is 32.4 Å². The number of fused-ring (bicyclic) bond motifs is 2. The van der Waals surface area contributed by atoms with Crippen molar-refractivity contribution in [3.05, 3.63) is 89.1 Å². The lowest BCUT2D eigenvalue weighted by molar-refractivity contribution is 0.692. The number of hydrogen-bond donors (Lipinski definition) is 0. The number of nitrogens with zero attached hydrogens (tertiary/aromatic N) is 1. The summed E-state index contributed by atoms with van der Waals surface area (Å²) >= 11 is 0. The third-order valence-corrected chi connectivity index (χ3v) is 5.12. The molecule has 130 valence electrons. The van der Waals surface area contributed by atoms with Gasteiger partial charge in [-0.3, -0.25) is 4.98 Å². The molecular formula is C25H25N. The van der Waals surface area contributed by atoms with Crippen LogP contribution in [0, 0.1) is 11.8 Å². The molecule has 1 aromatic heterocycles. The molecule has 1 unspecified atom stereocenters. The molecule has 0 radical (unpaired) electrons. The first-order chi connectivity index (χ1) is 12.7. The molecule has 0 aliphatic heterocycles. The highest BCUT2D eigenvalue weighted by Crippen LogP contribution is 2.28. The molecule has 0 amide bonds. The van der Waals surface area contributed by atoms with Crippen LogP contribution in [0.2, 0.25) is 0 Å². The van der Waals surface area contributed by atoms with Crippen molar-refractivity contribution in [3.63, 3.8) is 0 Å². The Morgan fingerprint density at radius 3 is 2.54 bits per heavy atom. The number of benzene rings is 2. The lowest BCUT2D eigenvalue weighted by Crippen LogP contribution is -2.33. The number of pyridine rings is 1. The van der Waals surface area contributed by atoms with Crippen molar-refractivity contribution >= 4 is 22.4 Å². The van der Waals surface area contributed by atoms with Gasteiger partial charge in [-0.1, -0.05) is 62.4 Å². The summed E-state index contributed by atoms with van der Waals surface area (Å²) in [5.41, 5.74) is 2.50. The molecule has 4 rings (SSSR count). The van der Waals surface area contributed by atoms with Crippen molar-refractivity contribution in [2.75, 3.05) is 0 Å². The van der Waals surface area contributed by atoms with Crippen molar-refractivity contribution in [2.45, 2.75) is 26.7 Å². The minimum atomic E-state index is 0.480. The second-order valence-corrected chi connectivity index (χ2v) is 7.46. The van der Waals surface area contributed by atoms with Crippen molar-refractivity contribution < 1.29 is 0 Å². The van der Waals surface area contributed by atoms with E-state index in [1.165, 1.54) is 26.8 Å². The SMILES string of the molecule is CC(C)C=CCC1CC=c2cc3ccccc3cc2=C1c1ccccn1. The summed E-state index contributed by atoms with van der Waals surface area (Å²) in [7, 11) is 0. The molecule has 0 saturated carbocycles. The summed E-state index contributed by atoms with van der Waals surface area (Å²) in [5.74, 6) is 1.07. The Morgan fingerprint density at radius 1 is 1.04 bits per heavy atom. The molecule has 1 atom stereocenters. The second kappa shape index (κ2) is 7.29. The van der Waals surface area contributed by atoms with Gasteiger partial charge < -0.3 is 0 Å². The van der Waals surface area contributed by atoms with E-state index >= 15 is 0 Å². The van der Waals surface area contributed by atoms with Crippen LogP contribution in [0.3, 0.4) is 0 Å². The van der Waals surface area contributed by atoms with Crippen LogP contribution in [0.25, 0.3) is 22.4 Å². The maximum absolute atomic E-state index is 4.70. The first-order valence-electron chi connectivity index (χ1n) is 9.53. The fraction of sp³-hybridized carbons (Fsp3) is 0.240. The van der Waals surface area contributed by atoms with Crippen LogP contribution >= 0.6 is 0 Å². The van der Waals surface area contributed by atoms with Crippen LogP contribution in [0.4, 0.5) is 0 Å². The van der Waals surface area contributed by atoms with Crippen LogP contribution in [-0.4, -0.2) is 4.98 Å². The zero-order valence-corrected chi connectivity index (χ0v) is 15.5. The van der Waals surface area contributed by atoms with Crippen molar-refractivity contribution in [3.8, 4) is 0 Å². The number of hydrogen-bond acceptors (Lipinski definition) is 1. The lowest BCUT2D eigenvalue weighted by Gasteiger charge is -2.22. The first-order valence-corrected chi connectivity index (χ1v) is 9.53. The Labute approximate surface area is 155 Å². The maximum Gasteiger partial charge on any atom is 0.0670 e. The summed E-state index contributed by atoms with van der Waals surface area (Å²) < 4.78 is 0. The van der Waals surface area contributed by atoms with Crippen molar-refractivity contribution in [1.82, 2.24) is 4.98 Å². The van der Waals surface area contributed by atoms with Gasteiger partial charge in [0.15, 0.2) is 0 Å². The highest BCUT2D eigenvalue weighted by atomic mass is 14.7. The largest absolute Gasteiger partial charge is 0.257 e. The van der Waals surface area contributed by atoms with Gasteiger partial charge in [-0.2, -0.15) is 0 Å². The van der Waals surface area contributed by atoms with E-state index in [-0.39, 0.29) is 0 Å². The first kappa shape index (κ1) is 16.8. The molecule has 0 spiro atoms. The molecule has 1 heteroatoms. The average Bonchev–Trinajstić information content (AvgIpc) is 2.66. The average molecular weight is 339 g/mol. The molecule has 1 nitrogen and oxygen atoms in total. The third-order valence-electron chi connectivity index (χ3n) is 5.12. The van der Waals surface area contributed by atoms with Gasteiger partial charge in [0.1, 0.15) is 0 Å². The number of rotatable bonds is 4. The molecular weight excluding hydrogens is 314 g/mol. The molecule has 0 bridgehead atoms. The van der Waals surface area contributed by atoms with E-state index in [2.05, 4.69) is 80.6 Å². The number of aromatic nitrogens is 1. The Morgan fingerprint density at radius 2 is 1.81 bits per heavy atom. The van der Waals surface area contributed by atoms with E-state index in [0.717, 1.165) is 18.5 Å². The Bertz CT molecular complexity index is 1060. The topological polar surface area (TPSA) is 12.9 Å². The Hall–Kier alpha value is -2.67. The fourth-order valence-corrected chi connectivity index (χ4v) is 3.87. The minimum absolute atomic E-state index is 0.480. The van der Waals surface area contributed by atoms with Gasteiger partial charge in [0.25, 0.3) is 0 Å². The summed E-state index contributed by atoms with van der Waals surface area (Å²) in [6.07, 6.45) is 11.1. The van der Waals surface area contributed by atoms with Gasteiger partial charge in [-0.25, -0.2) is 0 Å². The van der Waals surface area contributed by atoms with Gasteiger partial charge in [0, 0.05) is 6.20 Å². The molecule has 1 heterocycles. The Balaban J connectivity index is 1.93. The van der Waals surface area contributed by atoms with Crippen molar-refractivity contribution in [2.24, 2.45) is 11.8 Å². The van der Waals surface area contributed by atoms with Gasteiger partial charge >= 0.3 is 0 Å². The van der Waals surface area contributed by atoms with Gasteiger partial charge in [0.2, 0.25) is 0 Å². The quantitative estimate of drug-likeness (QED) is 0.620. The van der Waals surface area contributed by atoms with E-state index in [1.807, 2.05) is 12.3 Å².